The van der Waals surface area contributed by atoms with E-state index in [9.17, 15) is 13.4 Å². The Hall–Kier alpha value is -1.13. The number of rotatable bonds is 5. The molecule has 0 amide bonds. The molecule has 3 rings (SSSR count). The van der Waals surface area contributed by atoms with Gasteiger partial charge in [0.15, 0.2) is 6.29 Å². The van der Waals surface area contributed by atoms with Gasteiger partial charge in [-0.3, -0.25) is 4.18 Å². The van der Waals surface area contributed by atoms with Gasteiger partial charge in [-0.15, -0.1) is 0 Å². The Morgan fingerprint density at radius 1 is 1.38 bits per heavy atom. The average molecular weight is 356 g/mol. The fourth-order valence-electron chi connectivity index (χ4n) is 3.13. The number of aryl methyl sites for hydroxylation is 1. The second kappa shape index (κ2) is 7.01. The minimum atomic E-state index is -3.71. The van der Waals surface area contributed by atoms with Gasteiger partial charge in [-0.2, -0.15) is 8.42 Å². The highest BCUT2D eigenvalue weighted by molar-refractivity contribution is 7.86. The normalized spacial score (nSPS) is 24.0. The van der Waals surface area contributed by atoms with E-state index in [4.69, 9.17) is 14.1 Å². The Morgan fingerprint density at radius 2 is 2.17 bits per heavy atom. The van der Waals surface area contributed by atoms with Crippen molar-refractivity contribution >= 4 is 22.7 Å². The Kier molecular flexibility index (Phi) is 5.17. The summed E-state index contributed by atoms with van der Waals surface area (Å²) >= 11 is 0. The molecule has 2 atom stereocenters. The van der Waals surface area contributed by atoms with E-state index in [1.165, 1.54) is 0 Å². The van der Waals surface area contributed by atoms with E-state index >= 15 is 0 Å². The van der Waals surface area contributed by atoms with Gasteiger partial charge in [0.05, 0.1) is 19.8 Å². The van der Waals surface area contributed by atoms with E-state index in [1.807, 2.05) is 13.0 Å². The molecule has 7 nitrogen and oxygen atoms in total. The van der Waals surface area contributed by atoms with E-state index in [1.54, 1.807) is 6.07 Å². The zero-order valence-corrected chi connectivity index (χ0v) is 14.5. The highest BCUT2D eigenvalue weighted by Crippen LogP contribution is 2.31. The van der Waals surface area contributed by atoms with Crippen LogP contribution in [0.4, 0.5) is 0 Å². The lowest BCUT2D eigenvalue weighted by molar-refractivity contribution is -0.105. The van der Waals surface area contributed by atoms with Gasteiger partial charge in [-0.1, -0.05) is 0 Å². The second-order valence-corrected chi connectivity index (χ2v) is 7.81. The highest BCUT2D eigenvalue weighted by atomic mass is 32.2. The van der Waals surface area contributed by atoms with Crippen LogP contribution in [0.1, 0.15) is 36.5 Å². The van der Waals surface area contributed by atoms with Crippen molar-refractivity contribution in [2.75, 3.05) is 19.5 Å². The average Bonchev–Trinajstić information content (AvgIpc) is 2.84. The molecule has 1 fully saturated rings. The van der Waals surface area contributed by atoms with E-state index < -0.39 is 23.3 Å². The van der Waals surface area contributed by atoms with Crippen molar-refractivity contribution in [3.05, 3.63) is 23.3 Å². The molecule has 0 radical (unpaired) electrons. The molecule has 2 heterocycles. The maximum absolute atomic E-state index is 11.7. The molecule has 2 unspecified atom stereocenters. The summed E-state index contributed by atoms with van der Waals surface area (Å²) in [5, 5.41) is 10.1. The van der Waals surface area contributed by atoms with Crippen LogP contribution in [-0.2, 0) is 23.7 Å². The zero-order chi connectivity index (χ0) is 17.3. The SMILES string of the molecule is COS(=O)(=O)CC1OB(O)c2cc(OC3CCCCO3)cc(C)c21. The van der Waals surface area contributed by atoms with Crippen molar-refractivity contribution in [3.8, 4) is 5.75 Å². The van der Waals surface area contributed by atoms with Gasteiger partial charge >= 0.3 is 7.12 Å². The molecule has 1 aromatic carbocycles. The first-order chi connectivity index (χ1) is 11.4. The van der Waals surface area contributed by atoms with E-state index in [-0.39, 0.29) is 12.0 Å². The molecule has 2 aliphatic rings. The van der Waals surface area contributed by atoms with Crippen LogP contribution in [0.25, 0.3) is 0 Å². The lowest BCUT2D eigenvalue weighted by atomic mass is 9.78. The number of hydrogen-bond donors (Lipinski definition) is 1. The fourth-order valence-corrected chi connectivity index (χ4v) is 3.88. The van der Waals surface area contributed by atoms with Crippen molar-refractivity contribution in [1.29, 1.82) is 0 Å². The van der Waals surface area contributed by atoms with Gasteiger partial charge < -0.3 is 19.2 Å². The van der Waals surface area contributed by atoms with Crippen LogP contribution >= 0.6 is 0 Å². The predicted octanol–water partition coefficient (Wildman–Crippen LogP) is 0.635. The van der Waals surface area contributed by atoms with Crippen LogP contribution in [0.5, 0.6) is 5.75 Å². The van der Waals surface area contributed by atoms with Crippen molar-refractivity contribution in [1.82, 2.24) is 0 Å². The predicted molar refractivity (Wildman–Crippen MR) is 87.6 cm³/mol. The van der Waals surface area contributed by atoms with Crippen LogP contribution < -0.4 is 10.2 Å². The molecule has 1 aromatic rings. The van der Waals surface area contributed by atoms with Gasteiger partial charge in [0.25, 0.3) is 10.1 Å². The van der Waals surface area contributed by atoms with Gasteiger partial charge in [0.1, 0.15) is 11.5 Å². The van der Waals surface area contributed by atoms with E-state index in [0.29, 0.717) is 23.4 Å². The largest absolute Gasteiger partial charge is 0.492 e. The molecule has 0 bridgehead atoms. The molecule has 0 aliphatic carbocycles. The molecule has 132 valence electrons. The molecule has 2 aliphatic heterocycles. The summed E-state index contributed by atoms with van der Waals surface area (Å²) in [5.74, 6) is 0.233. The number of benzene rings is 1. The van der Waals surface area contributed by atoms with Crippen molar-refractivity contribution in [2.45, 2.75) is 38.6 Å². The Morgan fingerprint density at radius 3 is 2.83 bits per heavy atom. The number of ether oxygens (including phenoxy) is 2. The quantitative estimate of drug-likeness (QED) is 0.611. The van der Waals surface area contributed by atoms with Crippen LogP contribution in [0.2, 0.25) is 0 Å². The monoisotopic (exact) mass is 356 g/mol. The first kappa shape index (κ1) is 17.7. The molecular formula is C15H21BO7S. The topological polar surface area (TPSA) is 91.3 Å². The summed E-state index contributed by atoms with van der Waals surface area (Å²) in [6.07, 6.45) is 1.85. The molecule has 24 heavy (non-hydrogen) atoms. The Labute approximate surface area is 142 Å². The van der Waals surface area contributed by atoms with Gasteiger partial charge in [-0.05, 0) is 48.5 Å². The van der Waals surface area contributed by atoms with Crippen molar-refractivity contribution in [3.63, 3.8) is 0 Å². The standard InChI is InChI=1S/C15H21BO7S/c1-10-7-11(22-14-5-3-4-6-21-14)8-12-15(10)13(23-16(12)17)9-24(18,19)20-2/h7-8,13-14,17H,3-6,9H2,1-2H3. The maximum Gasteiger partial charge on any atom is 0.492 e. The third kappa shape index (κ3) is 3.75. The second-order valence-electron chi connectivity index (χ2n) is 6.03. The summed E-state index contributed by atoms with van der Waals surface area (Å²) in [5.41, 5.74) is 1.99. The smallest absolute Gasteiger partial charge is 0.465 e. The van der Waals surface area contributed by atoms with Crippen LogP contribution in [-0.4, -0.2) is 46.3 Å². The molecule has 1 N–H and O–H groups in total. The Bertz CT molecular complexity index is 700. The minimum absolute atomic E-state index is 0.291. The first-order valence-electron chi connectivity index (χ1n) is 7.94. The molecule has 0 saturated carbocycles. The van der Waals surface area contributed by atoms with Crippen LogP contribution in [0.3, 0.4) is 0 Å². The van der Waals surface area contributed by atoms with E-state index in [0.717, 1.165) is 31.9 Å². The van der Waals surface area contributed by atoms with Gasteiger partial charge in [-0.25, -0.2) is 0 Å². The minimum Gasteiger partial charge on any atom is -0.465 e. The maximum atomic E-state index is 11.7. The molecule has 1 saturated heterocycles. The van der Waals surface area contributed by atoms with Crippen LogP contribution in [0, 0.1) is 6.92 Å². The fraction of sp³-hybridized carbons (Fsp3) is 0.600. The lowest BCUT2D eigenvalue weighted by Crippen LogP contribution is -2.30. The highest BCUT2D eigenvalue weighted by Gasteiger charge is 2.39. The zero-order valence-electron chi connectivity index (χ0n) is 13.7. The molecular weight excluding hydrogens is 335 g/mol. The summed E-state index contributed by atoms with van der Waals surface area (Å²) in [6.45, 7) is 2.51. The molecule has 0 aromatic heterocycles. The third-order valence-corrected chi connectivity index (χ3v) is 5.51. The van der Waals surface area contributed by atoms with Crippen LogP contribution in [0.15, 0.2) is 12.1 Å². The summed E-state index contributed by atoms with van der Waals surface area (Å²) in [7, 11) is -3.79. The molecule has 9 heteroatoms. The van der Waals surface area contributed by atoms with Gasteiger partial charge in [0, 0.05) is 6.42 Å². The lowest BCUT2D eigenvalue weighted by Gasteiger charge is -2.24. The summed E-state index contributed by atoms with van der Waals surface area (Å²) < 4.78 is 44.7. The van der Waals surface area contributed by atoms with Crippen molar-refractivity contribution in [2.24, 2.45) is 0 Å². The summed E-state index contributed by atoms with van der Waals surface area (Å²) in [6, 6.07) is 3.50. The van der Waals surface area contributed by atoms with Gasteiger partial charge in [0.2, 0.25) is 0 Å². The van der Waals surface area contributed by atoms with E-state index in [2.05, 4.69) is 4.18 Å². The first-order valence-corrected chi connectivity index (χ1v) is 9.52. The number of hydrogen-bond acceptors (Lipinski definition) is 7. The number of fused-ring (bicyclic) bond motifs is 1. The molecule has 0 spiro atoms. The summed E-state index contributed by atoms with van der Waals surface area (Å²) in [4.78, 5) is 0. The Balaban J connectivity index is 1.84. The third-order valence-electron chi connectivity index (χ3n) is 4.29. The van der Waals surface area contributed by atoms with Crippen molar-refractivity contribution < 1.29 is 31.8 Å².